The number of carbonyl (C=O) groups is 1. The Morgan fingerprint density at radius 2 is 2.10 bits per heavy atom. The Hall–Kier alpha value is -3.07. The largest absolute Gasteiger partial charge is 0.381 e. The summed E-state index contributed by atoms with van der Waals surface area (Å²) in [6, 6.07) is 0.313. The molecular weight excluding hydrogens is 370 g/mol. The van der Waals surface area contributed by atoms with Gasteiger partial charge in [-0.3, -0.25) is 9.78 Å². The summed E-state index contributed by atoms with van der Waals surface area (Å²) in [5.41, 5.74) is 3.94. The minimum atomic E-state index is -0.265. The molecule has 3 aromatic rings. The van der Waals surface area contributed by atoms with E-state index >= 15 is 0 Å². The summed E-state index contributed by atoms with van der Waals surface area (Å²) in [6.45, 7) is 6.59. The smallest absolute Gasteiger partial charge is 0.271 e. The maximum Gasteiger partial charge on any atom is 0.271 e. The van der Waals surface area contributed by atoms with Crippen molar-refractivity contribution in [2.75, 3.05) is 18.5 Å². The van der Waals surface area contributed by atoms with E-state index in [0.717, 1.165) is 60.6 Å². The Morgan fingerprint density at radius 3 is 2.83 bits per heavy atom. The molecule has 0 aromatic carbocycles. The quantitative estimate of drug-likeness (QED) is 0.658. The van der Waals surface area contributed by atoms with Crippen LogP contribution < -0.4 is 10.6 Å². The Labute approximate surface area is 168 Å². The van der Waals surface area contributed by atoms with Gasteiger partial charge < -0.3 is 15.4 Å². The lowest BCUT2D eigenvalue weighted by molar-refractivity contribution is 0.0904. The van der Waals surface area contributed by atoms with Gasteiger partial charge in [0.1, 0.15) is 5.69 Å². The normalized spacial score (nSPS) is 14.8. The van der Waals surface area contributed by atoms with Gasteiger partial charge in [-0.1, -0.05) is 0 Å². The highest BCUT2D eigenvalue weighted by molar-refractivity contribution is 5.93. The number of hydrogen-bond donors (Lipinski definition) is 2. The second-order valence-corrected chi connectivity index (χ2v) is 7.05. The lowest BCUT2D eigenvalue weighted by Gasteiger charge is -2.26. The highest BCUT2D eigenvalue weighted by Crippen LogP contribution is 2.30. The van der Waals surface area contributed by atoms with Crippen LogP contribution in [0.15, 0.2) is 24.8 Å². The standard InChI is InChI=1S/C20H25N7O2/c1-3-27-19-16(11-24-27)18(26-14-4-8-29-9-5-14)15(13(2)25-19)10-23-20(28)17-12-21-6-7-22-17/h6-7,11-12,14H,3-5,8-10H2,1-2H3,(H,23,28)(H,25,26). The van der Waals surface area contributed by atoms with Crippen molar-refractivity contribution < 1.29 is 9.53 Å². The van der Waals surface area contributed by atoms with Gasteiger partial charge in [0.05, 0.1) is 23.5 Å². The van der Waals surface area contributed by atoms with Gasteiger partial charge in [-0.2, -0.15) is 5.10 Å². The summed E-state index contributed by atoms with van der Waals surface area (Å²) in [6.07, 6.45) is 8.23. The molecule has 1 fully saturated rings. The number of carbonyl (C=O) groups excluding carboxylic acids is 1. The summed E-state index contributed by atoms with van der Waals surface area (Å²) in [5.74, 6) is -0.265. The minimum absolute atomic E-state index is 0.265. The average Bonchev–Trinajstić information content (AvgIpc) is 3.17. The molecule has 0 aliphatic carbocycles. The second kappa shape index (κ2) is 8.52. The molecule has 4 heterocycles. The fourth-order valence-corrected chi connectivity index (χ4v) is 3.58. The van der Waals surface area contributed by atoms with Crippen molar-refractivity contribution in [2.24, 2.45) is 0 Å². The number of anilines is 1. The number of ether oxygens (including phenoxy) is 1. The molecule has 29 heavy (non-hydrogen) atoms. The molecule has 9 nitrogen and oxygen atoms in total. The van der Waals surface area contributed by atoms with E-state index in [1.807, 2.05) is 24.7 Å². The molecule has 1 saturated heterocycles. The van der Waals surface area contributed by atoms with E-state index < -0.39 is 0 Å². The first-order chi connectivity index (χ1) is 14.2. The molecular formula is C20H25N7O2. The van der Waals surface area contributed by atoms with Crippen LogP contribution in [0.2, 0.25) is 0 Å². The molecule has 0 spiro atoms. The van der Waals surface area contributed by atoms with Gasteiger partial charge in [-0.05, 0) is 26.7 Å². The van der Waals surface area contributed by atoms with E-state index in [9.17, 15) is 4.79 Å². The summed E-state index contributed by atoms with van der Waals surface area (Å²) in [5, 5.41) is 12.1. The average molecular weight is 395 g/mol. The maximum atomic E-state index is 12.5. The Bertz CT molecular complexity index is 997. The van der Waals surface area contributed by atoms with Crippen LogP contribution in [-0.2, 0) is 17.8 Å². The van der Waals surface area contributed by atoms with Crippen molar-refractivity contribution in [3.05, 3.63) is 41.7 Å². The molecule has 0 saturated carbocycles. The summed E-state index contributed by atoms with van der Waals surface area (Å²) < 4.78 is 7.38. The molecule has 0 atom stereocenters. The number of rotatable bonds is 6. The molecule has 0 bridgehead atoms. The van der Waals surface area contributed by atoms with Crippen molar-refractivity contribution in [1.29, 1.82) is 0 Å². The van der Waals surface area contributed by atoms with Crippen LogP contribution in [0.25, 0.3) is 11.0 Å². The Kier molecular flexibility index (Phi) is 5.66. The van der Waals surface area contributed by atoms with Crippen LogP contribution in [0.5, 0.6) is 0 Å². The third-order valence-corrected chi connectivity index (χ3v) is 5.18. The van der Waals surface area contributed by atoms with Crippen LogP contribution >= 0.6 is 0 Å². The van der Waals surface area contributed by atoms with E-state index in [-0.39, 0.29) is 11.6 Å². The van der Waals surface area contributed by atoms with Crippen LogP contribution in [0.3, 0.4) is 0 Å². The van der Waals surface area contributed by atoms with Gasteiger partial charge in [0.25, 0.3) is 5.91 Å². The SMILES string of the molecule is CCn1ncc2c(NC3CCOCC3)c(CNC(=O)c3cnccn3)c(C)nc21. The first-order valence-electron chi connectivity index (χ1n) is 9.90. The Morgan fingerprint density at radius 1 is 1.28 bits per heavy atom. The maximum absolute atomic E-state index is 12.5. The summed E-state index contributed by atoms with van der Waals surface area (Å²) >= 11 is 0. The van der Waals surface area contributed by atoms with Crippen molar-refractivity contribution >= 4 is 22.6 Å². The minimum Gasteiger partial charge on any atom is -0.381 e. The molecule has 152 valence electrons. The van der Waals surface area contributed by atoms with E-state index in [0.29, 0.717) is 12.6 Å². The van der Waals surface area contributed by atoms with Gasteiger partial charge in [0, 0.05) is 56.0 Å². The molecule has 2 N–H and O–H groups in total. The third-order valence-electron chi connectivity index (χ3n) is 5.18. The predicted molar refractivity (Wildman–Crippen MR) is 109 cm³/mol. The molecule has 1 amide bonds. The molecule has 1 aliphatic heterocycles. The number of aryl methyl sites for hydroxylation is 2. The molecule has 0 unspecified atom stereocenters. The number of nitrogens with zero attached hydrogens (tertiary/aromatic N) is 5. The predicted octanol–water partition coefficient (Wildman–Crippen LogP) is 2.07. The summed E-state index contributed by atoms with van der Waals surface area (Å²) in [7, 11) is 0. The van der Waals surface area contributed by atoms with E-state index in [4.69, 9.17) is 9.72 Å². The Balaban J connectivity index is 1.66. The lowest BCUT2D eigenvalue weighted by Crippen LogP contribution is -2.30. The van der Waals surface area contributed by atoms with Crippen LogP contribution in [0.4, 0.5) is 5.69 Å². The van der Waals surface area contributed by atoms with Crippen molar-refractivity contribution in [3.8, 4) is 0 Å². The van der Waals surface area contributed by atoms with E-state index in [1.165, 1.54) is 12.4 Å². The monoisotopic (exact) mass is 395 g/mol. The number of fused-ring (bicyclic) bond motifs is 1. The van der Waals surface area contributed by atoms with Gasteiger partial charge in [-0.25, -0.2) is 14.6 Å². The van der Waals surface area contributed by atoms with E-state index in [1.54, 1.807) is 6.20 Å². The van der Waals surface area contributed by atoms with Crippen molar-refractivity contribution in [2.45, 2.75) is 45.8 Å². The highest BCUT2D eigenvalue weighted by Gasteiger charge is 2.21. The van der Waals surface area contributed by atoms with Gasteiger partial charge >= 0.3 is 0 Å². The van der Waals surface area contributed by atoms with E-state index in [2.05, 4.69) is 25.7 Å². The number of pyridine rings is 1. The highest BCUT2D eigenvalue weighted by atomic mass is 16.5. The van der Waals surface area contributed by atoms with Crippen molar-refractivity contribution in [3.63, 3.8) is 0 Å². The molecule has 9 heteroatoms. The zero-order chi connectivity index (χ0) is 20.2. The zero-order valence-corrected chi connectivity index (χ0v) is 16.7. The second-order valence-electron chi connectivity index (χ2n) is 7.05. The number of amides is 1. The number of aromatic nitrogens is 5. The van der Waals surface area contributed by atoms with Crippen LogP contribution in [0.1, 0.15) is 41.5 Å². The zero-order valence-electron chi connectivity index (χ0n) is 16.7. The van der Waals surface area contributed by atoms with Crippen LogP contribution in [-0.4, -0.2) is 49.9 Å². The van der Waals surface area contributed by atoms with Crippen molar-refractivity contribution in [1.82, 2.24) is 30.0 Å². The number of hydrogen-bond acceptors (Lipinski definition) is 7. The number of nitrogens with one attached hydrogen (secondary N) is 2. The molecule has 3 aromatic heterocycles. The first-order valence-corrected chi connectivity index (χ1v) is 9.90. The first kappa shape index (κ1) is 19.3. The molecule has 4 rings (SSSR count). The van der Waals surface area contributed by atoms with Gasteiger partial charge in [-0.15, -0.1) is 0 Å². The lowest BCUT2D eigenvalue weighted by atomic mass is 10.0. The summed E-state index contributed by atoms with van der Waals surface area (Å²) in [4.78, 5) is 25.2. The fourth-order valence-electron chi connectivity index (χ4n) is 3.58. The van der Waals surface area contributed by atoms with Gasteiger partial charge in [0.2, 0.25) is 0 Å². The fraction of sp³-hybridized carbons (Fsp3) is 0.450. The van der Waals surface area contributed by atoms with Crippen LogP contribution in [0, 0.1) is 6.92 Å². The topological polar surface area (TPSA) is 107 Å². The molecule has 1 aliphatic rings. The third kappa shape index (κ3) is 4.04. The molecule has 0 radical (unpaired) electrons. The van der Waals surface area contributed by atoms with Gasteiger partial charge in [0.15, 0.2) is 5.65 Å².